The van der Waals surface area contributed by atoms with Crippen LogP contribution in [0.3, 0.4) is 0 Å². The molecular formula is C19H22N4O2S. The standard InChI is InChI=1S/C19H22N4O2S/c1-2-10-20-18(25)11-23-19(15-12-26-13-16(15)22-23)21-17(24)9-8-14-6-4-3-5-7-14/h3-9H,2,10-13H2,1H3,(H,20,25)(H,21,24)/b9-8-. The lowest BCUT2D eigenvalue weighted by Gasteiger charge is -2.10. The van der Waals surface area contributed by atoms with Crippen LogP contribution in [0.2, 0.25) is 0 Å². The van der Waals surface area contributed by atoms with Gasteiger partial charge in [-0.25, -0.2) is 4.68 Å². The molecule has 0 spiro atoms. The lowest BCUT2D eigenvalue weighted by atomic mass is 10.2. The molecule has 26 heavy (non-hydrogen) atoms. The maximum atomic E-state index is 12.3. The van der Waals surface area contributed by atoms with E-state index in [1.807, 2.05) is 37.3 Å². The number of amides is 2. The first kappa shape index (κ1) is 18.3. The Kier molecular flexibility index (Phi) is 6.12. The summed E-state index contributed by atoms with van der Waals surface area (Å²) in [6.07, 6.45) is 4.14. The zero-order valence-corrected chi connectivity index (χ0v) is 15.5. The molecule has 1 aromatic carbocycles. The van der Waals surface area contributed by atoms with Gasteiger partial charge >= 0.3 is 0 Å². The Labute approximate surface area is 157 Å². The number of thioether (sulfide) groups is 1. The van der Waals surface area contributed by atoms with Crippen molar-refractivity contribution in [2.24, 2.45) is 0 Å². The van der Waals surface area contributed by atoms with Gasteiger partial charge in [-0.3, -0.25) is 9.59 Å². The highest BCUT2D eigenvalue weighted by atomic mass is 32.2. The Bertz CT molecular complexity index is 814. The Hall–Kier alpha value is -2.54. The van der Waals surface area contributed by atoms with Gasteiger partial charge in [0.05, 0.1) is 5.69 Å². The molecule has 0 saturated carbocycles. The third kappa shape index (κ3) is 4.54. The van der Waals surface area contributed by atoms with Crippen LogP contribution in [-0.2, 0) is 27.6 Å². The molecule has 2 N–H and O–H groups in total. The molecule has 0 radical (unpaired) electrons. The van der Waals surface area contributed by atoms with Crippen molar-refractivity contribution < 1.29 is 9.59 Å². The number of fused-ring (bicyclic) bond motifs is 1. The molecular weight excluding hydrogens is 348 g/mol. The molecule has 3 rings (SSSR count). The highest BCUT2D eigenvalue weighted by molar-refractivity contribution is 7.98. The van der Waals surface area contributed by atoms with Crippen LogP contribution < -0.4 is 10.6 Å². The second kappa shape index (κ2) is 8.71. The molecule has 2 aromatic rings. The maximum Gasteiger partial charge on any atom is 0.249 e. The second-order valence-corrected chi connectivity index (χ2v) is 6.99. The number of carbonyl (C=O) groups excluding carboxylic acids is 2. The van der Waals surface area contributed by atoms with Crippen LogP contribution in [-0.4, -0.2) is 28.1 Å². The van der Waals surface area contributed by atoms with Crippen molar-refractivity contribution in [3.05, 3.63) is 53.2 Å². The number of nitrogens with zero attached hydrogens (tertiary/aromatic N) is 2. The van der Waals surface area contributed by atoms with Gasteiger partial charge in [0.15, 0.2) is 0 Å². The fraction of sp³-hybridized carbons (Fsp3) is 0.316. The van der Waals surface area contributed by atoms with Gasteiger partial charge in [-0.2, -0.15) is 16.9 Å². The average molecular weight is 370 g/mol. The lowest BCUT2D eigenvalue weighted by Crippen LogP contribution is -2.29. The quantitative estimate of drug-likeness (QED) is 0.735. The first-order valence-corrected chi connectivity index (χ1v) is 9.80. The minimum Gasteiger partial charge on any atom is -0.355 e. The van der Waals surface area contributed by atoms with E-state index in [1.165, 1.54) is 6.08 Å². The van der Waals surface area contributed by atoms with E-state index >= 15 is 0 Å². The summed E-state index contributed by atoms with van der Waals surface area (Å²) in [5.74, 6) is 1.89. The first-order chi connectivity index (χ1) is 12.7. The first-order valence-electron chi connectivity index (χ1n) is 8.64. The van der Waals surface area contributed by atoms with E-state index in [2.05, 4.69) is 15.7 Å². The van der Waals surface area contributed by atoms with Crippen molar-refractivity contribution in [1.29, 1.82) is 0 Å². The van der Waals surface area contributed by atoms with Gasteiger partial charge in [-0.1, -0.05) is 37.3 Å². The predicted octanol–water partition coefficient (Wildman–Crippen LogP) is 2.81. The van der Waals surface area contributed by atoms with Crippen molar-refractivity contribution in [1.82, 2.24) is 15.1 Å². The molecule has 6 nitrogen and oxygen atoms in total. The Morgan fingerprint density at radius 2 is 2.08 bits per heavy atom. The molecule has 7 heteroatoms. The summed E-state index contributed by atoms with van der Waals surface area (Å²) in [5, 5.41) is 10.3. The summed E-state index contributed by atoms with van der Waals surface area (Å²) >= 11 is 1.76. The predicted molar refractivity (Wildman–Crippen MR) is 105 cm³/mol. The molecule has 0 fully saturated rings. The average Bonchev–Trinajstić information content (AvgIpc) is 3.22. The van der Waals surface area contributed by atoms with Crippen LogP contribution in [0.4, 0.5) is 5.82 Å². The molecule has 0 unspecified atom stereocenters. The van der Waals surface area contributed by atoms with Crippen LogP contribution >= 0.6 is 11.8 Å². The fourth-order valence-corrected chi connectivity index (χ4v) is 3.71. The molecule has 2 heterocycles. The van der Waals surface area contributed by atoms with Gasteiger partial charge in [0.1, 0.15) is 12.4 Å². The van der Waals surface area contributed by atoms with Gasteiger partial charge in [-0.05, 0) is 18.1 Å². The van der Waals surface area contributed by atoms with Crippen molar-refractivity contribution in [3.63, 3.8) is 0 Å². The Morgan fingerprint density at radius 3 is 2.85 bits per heavy atom. The number of rotatable bonds is 7. The molecule has 0 saturated heterocycles. The second-order valence-electron chi connectivity index (χ2n) is 6.01. The highest BCUT2D eigenvalue weighted by Crippen LogP contribution is 2.34. The summed E-state index contributed by atoms with van der Waals surface area (Å²) in [4.78, 5) is 24.4. The monoisotopic (exact) mass is 370 g/mol. The number of benzene rings is 1. The van der Waals surface area contributed by atoms with Gasteiger partial charge in [0.25, 0.3) is 0 Å². The Morgan fingerprint density at radius 1 is 1.27 bits per heavy atom. The van der Waals surface area contributed by atoms with E-state index < -0.39 is 0 Å². The summed E-state index contributed by atoms with van der Waals surface area (Å²) in [6, 6.07) is 9.64. The molecule has 1 aliphatic heterocycles. The highest BCUT2D eigenvalue weighted by Gasteiger charge is 2.24. The molecule has 1 aliphatic rings. The largest absolute Gasteiger partial charge is 0.355 e. The van der Waals surface area contributed by atoms with Gasteiger partial charge in [-0.15, -0.1) is 0 Å². The van der Waals surface area contributed by atoms with E-state index in [0.29, 0.717) is 12.4 Å². The number of hydrogen-bond donors (Lipinski definition) is 2. The van der Waals surface area contributed by atoms with Crippen LogP contribution in [0.1, 0.15) is 30.2 Å². The van der Waals surface area contributed by atoms with E-state index in [1.54, 1.807) is 22.5 Å². The van der Waals surface area contributed by atoms with Crippen molar-refractivity contribution in [3.8, 4) is 0 Å². The normalized spacial score (nSPS) is 13.0. The van der Waals surface area contributed by atoms with Gasteiger partial charge < -0.3 is 10.6 Å². The number of nitrogens with one attached hydrogen (secondary N) is 2. The smallest absolute Gasteiger partial charge is 0.249 e. The lowest BCUT2D eigenvalue weighted by molar-refractivity contribution is -0.121. The van der Waals surface area contributed by atoms with E-state index in [9.17, 15) is 9.59 Å². The number of carbonyl (C=O) groups is 2. The fourth-order valence-electron chi connectivity index (χ4n) is 2.67. The minimum absolute atomic E-state index is 0.101. The zero-order chi connectivity index (χ0) is 18.4. The Balaban J connectivity index is 1.72. The molecule has 0 bridgehead atoms. The summed E-state index contributed by atoms with van der Waals surface area (Å²) in [7, 11) is 0. The summed E-state index contributed by atoms with van der Waals surface area (Å²) in [5.41, 5.74) is 2.91. The molecule has 0 aliphatic carbocycles. The molecule has 1 aromatic heterocycles. The third-order valence-corrected chi connectivity index (χ3v) is 4.92. The summed E-state index contributed by atoms with van der Waals surface area (Å²) in [6.45, 7) is 2.75. The van der Waals surface area contributed by atoms with Crippen LogP contribution in [0.25, 0.3) is 6.08 Å². The topological polar surface area (TPSA) is 76.0 Å². The van der Waals surface area contributed by atoms with E-state index in [0.717, 1.165) is 34.7 Å². The van der Waals surface area contributed by atoms with Crippen molar-refractivity contribution in [2.45, 2.75) is 31.4 Å². The molecule has 0 atom stereocenters. The zero-order valence-electron chi connectivity index (χ0n) is 14.7. The van der Waals surface area contributed by atoms with Gasteiger partial charge in [0, 0.05) is 29.7 Å². The summed E-state index contributed by atoms with van der Waals surface area (Å²) < 4.78 is 1.60. The van der Waals surface area contributed by atoms with Gasteiger partial charge in [0.2, 0.25) is 11.8 Å². The van der Waals surface area contributed by atoms with Crippen LogP contribution in [0, 0.1) is 0 Å². The van der Waals surface area contributed by atoms with Crippen molar-refractivity contribution in [2.75, 3.05) is 11.9 Å². The number of hydrogen-bond acceptors (Lipinski definition) is 4. The van der Waals surface area contributed by atoms with E-state index in [-0.39, 0.29) is 18.4 Å². The molecule has 2 amide bonds. The SMILES string of the molecule is CCCNC(=O)Cn1nc2c(c1NC(=O)/C=C\c1ccccc1)CSC2. The van der Waals surface area contributed by atoms with Crippen LogP contribution in [0.15, 0.2) is 36.4 Å². The number of aromatic nitrogens is 2. The third-order valence-electron chi connectivity index (χ3n) is 3.95. The maximum absolute atomic E-state index is 12.3. The molecule has 136 valence electrons. The van der Waals surface area contributed by atoms with Crippen molar-refractivity contribution >= 4 is 35.5 Å². The minimum atomic E-state index is -0.233. The number of anilines is 1. The van der Waals surface area contributed by atoms with E-state index in [4.69, 9.17) is 0 Å². The van der Waals surface area contributed by atoms with Crippen LogP contribution in [0.5, 0.6) is 0 Å².